The fourth-order valence-corrected chi connectivity index (χ4v) is 5.61. The quantitative estimate of drug-likeness (QED) is 0.529. The number of ether oxygens (including phenoxy) is 1. The van der Waals surface area contributed by atoms with Gasteiger partial charge < -0.3 is 20.7 Å². The Labute approximate surface area is 195 Å². The number of nitrogens with one attached hydrogen (secondary N) is 1. The van der Waals surface area contributed by atoms with Gasteiger partial charge in [0.1, 0.15) is 11.4 Å². The van der Waals surface area contributed by atoms with Gasteiger partial charge in [0, 0.05) is 45.3 Å². The second kappa shape index (κ2) is 10.5. The van der Waals surface area contributed by atoms with Gasteiger partial charge in [0.15, 0.2) is 0 Å². The molecule has 1 aromatic carbocycles. The van der Waals surface area contributed by atoms with Gasteiger partial charge in [0.25, 0.3) is 5.91 Å². The zero-order valence-electron chi connectivity index (χ0n) is 19.8. The average molecular weight is 479 g/mol. The van der Waals surface area contributed by atoms with Crippen molar-refractivity contribution >= 4 is 21.6 Å². The van der Waals surface area contributed by atoms with Crippen LogP contribution in [0.4, 0.5) is 5.69 Å². The molecule has 3 rings (SSSR count). The molecule has 1 saturated heterocycles. The summed E-state index contributed by atoms with van der Waals surface area (Å²) >= 11 is 0. The van der Waals surface area contributed by atoms with E-state index in [1.165, 1.54) is 8.99 Å². The summed E-state index contributed by atoms with van der Waals surface area (Å²) in [5, 5.41) is 7.68. The van der Waals surface area contributed by atoms with Crippen LogP contribution in [-0.2, 0) is 30.0 Å². The lowest BCUT2D eigenvalue weighted by Gasteiger charge is -2.33. The van der Waals surface area contributed by atoms with Crippen LogP contribution in [0.1, 0.15) is 42.0 Å². The smallest absolute Gasteiger partial charge is 0.269 e. The number of methoxy groups -OCH3 is 1. The van der Waals surface area contributed by atoms with E-state index >= 15 is 0 Å². The van der Waals surface area contributed by atoms with Gasteiger partial charge in [-0.2, -0.15) is 9.40 Å². The Bertz CT molecular complexity index is 1090. The monoisotopic (exact) mass is 478 g/mol. The van der Waals surface area contributed by atoms with Crippen LogP contribution in [0.15, 0.2) is 23.1 Å². The van der Waals surface area contributed by atoms with Crippen LogP contribution in [0.25, 0.3) is 0 Å². The molecular weight excluding hydrogens is 444 g/mol. The fraction of sp³-hybridized carbons (Fsp3) is 0.545. The molecule has 2 heterocycles. The maximum absolute atomic E-state index is 13.3. The number of hydrogen-bond acceptors (Lipinski definition) is 7. The number of likely N-dealkylation sites (N-methyl/N-ethyl adjacent to an activating group) is 1. The summed E-state index contributed by atoms with van der Waals surface area (Å²) in [4.78, 5) is 14.5. The number of benzene rings is 1. The zero-order chi connectivity index (χ0) is 24.2. The van der Waals surface area contributed by atoms with Crippen LogP contribution in [0.2, 0.25) is 0 Å². The Balaban J connectivity index is 1.88. The lowest BCUT2D eigenvalue weighted by atomic mass is 10.1. The molecule has 1 aromatic heterocycles. The first-order valence-corrected chi connectivity index (χ1v) is 12.7. The molecule has 0 atom stereocenters. The molecule has 0 bridgehead atoms. The average Bonchev–Trinajstić information content (AvgIpc) is 3.12. The van der Waals surface area contributed by atoms with Crippen LogP contribution in [0.5, 0.6) is 5.75 Å². The second-order valence-corrected chi connectivity index (χ2v) is 10.0. The van der Waals surface area contributed by atoms with E-state index in [0.29, 0.717) is 36.5 Å². The highest BCUT2D eigenvalue weighted by atomic mass is 32.2. The predicted octanol–water partition coefficient (Wildman–Crippen LogP) is 1.42. The lowest BCUT2D eigenvalue weighted by molar-refractivity contribution is 0.0992. The molecule has 11 heteroatoms. The molecule has 182 valence electrons. The number of sulfonamides is 1. The van der Waals surface area contributed by atoms with Gasteiger partial charge in [-0.25, -0.2) is 8.42 Å². The molecule has 1 amide bonds. The molecule has 0 aliphatic carbocycles. The molecule has 1 aliphatic rings. The van der Waals surface area contributed by atoms with Crippen molar-refractivity contribution in [2.24, 2.45) is 12.8 Å². The van der Waals surface area contributed by atoms with Crippen molar-refractivity contribution in [2.75, 3.05) is 45.2 Å². The number of carbonyl (C=O) groups is 1. The van der Waals surface area contributed by atoms with Gasteiger partial charge in [-0.3, -0.25) is 9.48 Å². The number of hydrogen-bond donors (Lipinski definition) is 2. The number of aromatic nitrogens is 2. The number of aryl methyl sites for hydroxylation is 2. The molecule has 0 saturated carbocycles. The molecule has 10 nitrogen and oxygen atoms in total. The lowest BCUT2D eigenvalue weighted by Crippen LogP contribution is -2.48. The maximum Gasteiger partial charge on any atom is 0.269 e. The highest BCUT2D eigenvalue weighted by Gasteiger charge is 2.29. The van der Waals surface area contributed by atoms with Crippen molar-refractivity contribution in [1.29, 1.82) is 0 Å². The first-order valence-electron chi connectivity index (χ1n) is 11.2. The van der Waals surface area contributed by atoms with Crippen molar-refractivity contribution in [1.82, 2.24) is 19.0 Å². The summed E-state index contributed by atoms with van der Waals surface area (Å²) in [7, 11) is -0.408. The van der Waals surface area contributed by atoms with E-state index < -0.39 is 15.9 Å². The van der Waals surface area contributed by atoms with E-state index in [1.807, 2.05) is 6.92 Å². The first-order chi connectivity index (χ1) is 15.7. The molecule has 33 heavy (non-hydrogen) atoms. The Morgan fingerprint density at radius 2 is 1.91 bits per heavy atom. The summed E-state index contributed by atoms with van der Waals surface area (Å²) in [5.41, 5.74) is 7.84. The number of rotatable bonds is 10. The highest BCUT2D eigenvalue weighted by molar-refractivity contribution is 7.89. The van der Waals surface area contributed by atoms with Crippen LogP contribution < -0.4 is 15.8 Å². The Kier molecular flexibility index (Phi) is 7.98. The summed E-state index contributed by atoms with van der Waals surface area (Å²) < 4.78 is 35.0. The summed E-state index contributed by atoms with van der Waals surface area (Å²) in [6.45, 7) is 7.63. The molecule has 1 aliphatic heterocycles. The summed E-state index contributed by atoms with van der Waals surface area (Å²) in [6, 6.07) is 4.87. The van der Waals surface area contributed by atoms with Gasteiger partial charge in [-0.1, -0.05) is 20.3 Å². The zero-order valence-corrected chi connectivity index (χ0v) is 20.6. The van der Waals surface area contributed by atoms with Gasteiger partial charge in [0.2, 0.25) is 10.0 Å². The molecule has 1 fully saturated rings. The maximum atomic E-state index is 13.3. The minimum Gasteiger partial charge on any atom is -0.496 e. The van der Waals surface area contributed by atoms with Gasteiger partial charge in [0.05, 0.1) is 23.4 Å². The largest absolute Gasteiger partial charge is 0.496 e. The molecule has 2 aromatic rings. The summed E-state index contributed by atoms with van der Waals surface area (Å²) in [5.74, 6) is -0.0248. The van der Waals surface area contributed by atoms with Crippen LogP contribution in [0, 0.1) is 0 Å². The van der Waals surface area contributed by atoms with Gasteiger partial charge >= 0.3 is 0 Å². The van der Waals surface area contributed by atoms with E-state index in [9.17, 15) is 13.2 Å². The van der Waals surface area contributed by atoms with Gasteiger partial charge in [-0.15, -0.1) is 0 Å². The minimum atomic E-state index is -3.63. The van der Waals surface area contributed by atoms with Gasteiger partial charge in [-0.05, 0) is 31.2 Å². The van der Waals surface area contributed by atoms with Crippen molar-refractivity contribution in [2.45, 2.75) is 38.1 Å². The second-order valence-electron chi connectivity index (χ2n) is 8.07. The number of carbonyl (C=O) groups excluding carboxylic acids is 1. The van der Waals surface area contributed by atoms with E-state index in [4.69, 9.17) is 10.5 Å². The van der Waals surface area contributed by atoms with E-state index in [-0.39, 0.29) is 17.1 Å². The third-order valence-corrected chi connectivity index (χ3v) is 7.86. The van der Waals surface area contributed by atoms with Crippen LogP contribution in [-0.4, -0.2) is 73.1 Å². The topological polar surface area (TPSA) is 123 Å². The van der Waals surface area contributed by atoms with E-state index in [2.05, 4.69) is 22.2 Å². The number of amides is 1. The fourth-order valence-electron chi connectivity index (χ4n) is 4.13. The summed E-state index contributed by atoms with van der Waals surface area (Å²) in [6.07, 6.45) is 1.53. The Hall–Kier alpha value is -2.63. The Morgan fingerprint density at radius 1 is 1.21 bits per heavy atom. The molecule has 3 N–H and O–H groups in total. The van der Waals surface area contributed by atoms with Crippen molar-refractivity contribution in [3.05, 3.63) is 35.2 Å². The standard InChI is InChI=1S/C22H34N6O4S/c1-5-7-18-20(21(22(23)29)26(3)25-18)24-15-16-14-17(8-9-19(16)32-4)33(30,31)28-12-10-27(6-2)11-13-28/h8-9,14,24H,5-7,10-13,15H2,1-4H3,(H2,23,29). The number of nitrogens with zero attached hydrogens (tertiary/aromatic N) is 4. The third-order valence-electron chi connectivity index (χ3n) is 5.96. The van der Waals surface area contributed by atoms with Crippen molar-refractivity contribution in [3.63, 3.8) is 0 Å². The number of primary amides is 1. The number of anilines is 1. The minimum absolute atomic E-state index is 0.222. The molecule has 0 spiro atoms. The third kappa shape index (κ3) is 5.31. The molecule has 0 unspecified atom stereocenters. The highest BCUT2D eigenvalue weighted by Crippen LogP contribution is 2.28. The normalized spacial score (nSPS) is 15.5. The van der Waals surface area contributed by atoms with Crippen LogP contribution in [0.3, 0.4) is 0 Å². The van der Waals surface area contributed by atoms with E-state index in [1.54, 1.807) is 32.4 Å². The predicted molar refractivity (Wildman–Crippen MR) is 127 cm³/mol. The molecular formula is C22H34N6O4S. The van der Waals surface area contributed by atoms with Crippen molar-refractivity contribution < 1.29 is 17.9 Å². The Morgan fingerprint density at radius 3 is 2.48 bits per heavy atom. The van der Waals surface area contributed by atoms with Crippen molar-refractivity contribution in [3.8, 4) is 5.75 Å². The van der Waals surface area contributed by atoms with E-state index in [0.717, 1.165) is 31.7 Å². The number of piperazine rings is 1. The molecule has 0 radical (unpaired) electrons. The number of nitrogens with two attached hydrogens (primary N) is 1. The first kappa shape index (κ1) is 25.0. The van der Waals surface area contributed by atoms with Crippen LogP contribution >= 0.6 is 0 Å². The SMILES string of the molecule is CCCc1nn(C)c(C(N)=O)c1NCc1cc(S(=O)(=O)N2CCN(CC)CC2)ccc1OC.